The maximum Gasteiger partial charge on any atom is 0.234 e. The number of fused-ring (bicyclic) bond motifs is 2. The van der Waals surface area contributed by atoms with Crippen LogP contribution >= 0.6 is 22.1 Å². The highest BCUT2D eigenvalue weighted by Crippen LogP contribution is 2.50. The van der Waals surface area contributed by atoms with Gasteiger partial charge in [0.1, 0.15) is 21.5 Å². The van der Waals surface area contributed by atoms with Crippen molar-refractivity contribution in [1.82, 2.24) is 10.3 Å². The fraction of sp³-hybridized carbons (Fsp3) is 0.455. The number of nitrogens with zero attached hydrogens (tertiary/aromatic N) is 1. The minimum atomic E-state index is -1.99. The molecule has 3 N–H and O–H groups in total. The summed E-state index contributed by atoms with van der Waals surface area (Å²) in [5.41, 5.74) is -0.732. The molecule has 1 saturated heterocycles. The summed E-state index contributed by atoms with van der Waals surface area (Å²) in [6, 6.07) is -0.433. The van der Waals surface area contributed by atoms with Crippen LogP contribution in [0.1, 0.15) is 56.8 Å². The molecule has 2 aliphatic heterocycles. The molecule has 1 aromatic rings. The van der Waals surface area contributed by atoms with Gasteiger partial charge in [0, 0.05) is 22.6 Å². The average Bonchev–Trinajstić information content (AvgIpc) is 3.27. The van der Waals surface area contributed by atoms with Crippen LogP contribution < -0.4 is 5.32 Å². The highest BCUT2D eigenvalue weighted by Gasteiger charge is 2.63. The standard InChI is InChI=1S/C22H26N2O6S3/c1-13-8-9-22(21(3,29)20(28)32-33(22)30)11-18(27)23-14(2)19-24-15(12-31-19)6-4-5-7-16(25)17(26)10-13/h4-7,10,12,14,17,26,29H,8-9,11H2,1-3H3,(H,23,27)/t14?,17?,21-,22+,33?/m1/s1. The summed E-state index contributed by atoms with van der Waals surface area (Å²) >= 11 is 1.35. The lowest BCUT2D eigenvalue weighted by Gasteiger charge is -2.36. The summed E-state index contributed by atoms with van der Waals surface area (Å²) < 4.78 is 11.5. The molecular formula is C22H26N2O6S3. The number of rotatable bonds is 0. The van der Waals surface area contributed by atoms with Crippen LogP contribution in [-0.2, 0) is 24.2 Å². The molecule has 2 aliphatic rings. The summed E-state index contributed by atoms with van der Waals surface area (Å²) in [6.07, 6.45) is 6.07. The number of allylic oxidation sites excluding steroid dienone is 3. The van der Waals surface area contributed by atoms with E-state index in [1.165, 1.54) is 36.5 Å². The number of carbonyl (C=O) groups excluding carboxylic acids is 3. The lowest BCUT2D eigenvalue weighted by atomic mass is 9.81. The summed E-state index contributed by atoms with van der Waals surface area (Å²) in [5.74, 6) is -0.969. The maximum atomic E-state index is 13.0. The van der Waals surface area contributed by atoms with Gasteiger partial charge in [0.05, 0.1) is 21.6 Å². The fourth-order valence-electron chi connectivity index (χ4n) is 3.65. The molecule has 3 rings (SSSR count). The third-order valence-electron chi connectivity index (χ3n) is 5.78. The number of ketones is 1. The summed E-state index contributed by atoms with van der Waals surface area (Å²) in [4.78, 5) is 42.0. The van der Waals surface area contributed by atoms with E-state index in [4.69, 9.17) is 0 Å². The van der Waals surface area contributed by atoms with E-state index in [-0.39, 0.29) is 19.3 Å². The van der Waals surface area contributed by atoms with Crippen molar-refractivity contribution in [2.45, 2.75) is 62.5 Å². The second kappa shape index (κ2) is 10.1. The minimum Gasteiger partial charge on any atom is -0.381 e. The number of carbonyl (C=O) groups is 3. The van der Waals surface area contributed by atoms with E-state index < -0.39 is 49.1 Å². The van der Waals surface area contributed by atoms with Crippen LogP contribution in [0, 0.1) is 0 Å². The van der Waals surface area contributed by atoms with Crippen molar-refractivity contribution in [1.29, 1.82) is 0 Å². The van der Waals surface area contributed by atoms with Gasteiger partial charge in [-0.15, -0.1) is 11.3 Å². The smallest absolute Gasteiger partial charge is 0.234 e. The van der Waals surface area contributed by atoms with Gasteiger partial charge < -0.3 is 15.5 Å². The molecule has 0 saturated carbocycles. The highest BCUT2D eigenvalue weighted by atomic mass is 33.1. The summed E-state index contributed by atoms with van der Waals surface area (Å²) in [6.45, 7) is 4.75. The molecule has 5 atom stereocenters. The zero-order valence-electron chi connectivity index (χ0n) is 18.4. The Bertz CT molecular complexity index is 1070. The Balaban J connectivity index is 1.99. The van der Waals surface area contributed by atoms with Gasteiger partial charge in [-0.1, -0.05) is 17.7 Å². The number of nitrogens with one attached hydrogen (secondary N) is 1. The van der Waals surface area contributed by atoms with Crippen LogP contribution in [0.15, 0.2) is 35.3 Å². The number of hydrogen-bond acceptors (Lipinski definition) is 9. The molecule has 1 amide bonds. The summed E-state index contributed by atoms with van der Waals surface area (Å²) in [7, 11) is -1.33. The lowest BCUT2D eigenvalue weighted by Crippen LogP contribution is -2.55. The van der Waals surface area contributed by atoms with Gasteiger partial charge in [0.25, 0.3) is 0 Å². The number of aliphatic hydroxyl groups excluding tert-OH is 1. The van der Waals surface area contributed by atoms with Gasteiger partial charge in [-0.25, -0.2) is 9.19 Å². The van der Waals surface area contributed by atoms with Crippen molar-refractivity contribution in [3.63, 3.8) is 0 Å². The Labute approximate surface area is 202 Å². The Morgan fingerprint density at radius 2 is 1.94 bits per heavy atom. The Kier molecular flexibility index (Phi) is 7.90. The van der Waals surface area contributed by atoms with Crippen molar-refractivity contribution in [2.24, 2.45) is 0 Å². The first kappa shape index (κ1) is 25.7. The highest BCUT2D eigenvalue weighted by molar-refractivity contribution is 8.76. The van der Waals surface area contributed by atoms with Crippen LogP contribution in [-0.4, -0.2) is 52.7 Å². The molecule has 0 radical (unpaired) electrons. The van der Waals surface area contributed by atoms with Gasteiger partial charge in [0.15, 0.2) is 5.78 Å². The minimum absolute atomic E-state index is 0.0520. The van der Waals surface area contributed by atoms with Crippen LogP contribution in [0.5, 0.6) is 0 Å². The van der Waals surface area contributed by atoms with Gasteiger partial charge in [-0.2, -0.15) is 0 Å². The second-order valence-corrected chi connectivity index (χ2v) is 12.4. The van der Waals surface area contributed by atoms with Crippen molar-refractivity contribution < 1.29 is 28.8 Å². The number of thiazole rings is 1. The molecule has 0 aliphatic carbocycles. The summed E-state index contributed by atoms with van der Waals surface area (Å²) in [5, 5.41) is 25.8. The van der Waals surface area contributed by atoms with Gasteiger partial charge in [-0.3, -0.25) is 14.4 Å². The molecule has 8 nitrogen and oxygen atoms in total. The SMILES string of the molecule is CC1=CC(O)C(=O)C=CC=Cc2csc(n2)C(C)NC(=O)C[C@]2(CC1)S(=O)SC(=O)[C@@]2(C)O. The Morgan fingerprint density at radius 3 is 2.61 bits per heavy atom. The Hall–Kier alpha value is -1.92. The molecule has 11 heteroatoms. The average molecular weight is 511 g/mol. The number of amides is 1. The molecule has 1 aromatic heterocycles. The first-order valence-corrected chi connectivity index (χ1v) is 13.7. The third kappa shape index (κ3) is 5.43. The van der Waals surface area contributed by atoms with Crippen LogP contribution in [0.25, 0.3) is 6.08 Å². The topological polar surface area (TPSA) is 134 Å². The zero-order chi connectivity index (χ0) is 24.4. The zero-order valence-corrected chi connectivity index (χ0v) is 20.9. The molecule has 3 unspecified atom stereocenters. The van der Waals surface area contributed by atoms with E-state index in [1.807, 2.05) is 0 Å². The van der Waals surface area contributed by atoms with E-state index in [9.17, 15) is 28.8 Å². The van der Waals surface area contributed by atoms with Crippen molar-refractivity contribution in [3.8, 4) is 0 Å². The largest absolute Gasteiger partial charge is 0.381 e. The number of aliphatic hydroxyl groups is 2. The molecule has 0 aromatic carbocycles. The molecule has 178 valence electrons. The van der Waals surface area contributed by atoms with Crippen molar-refractivity contribution in [2.75, 3.05) is 0 Å². The van der Waals surface area contributed by atoms with E-state index in [0.29, 0.717) is 27.1 Å². The molecule has 2 bridgehead atoms. The van der Waals surface area contributed by atoms with Gasteiger partial charge in [-0.05, 0) is 51.8 Å². The van der Waals surface area contributed by atoms with E-state index in [2.05, 4.69) is 10.3 Å². The van der Waals surface area contributed by atoms with Crippen LogP contribution in [0.4, 0.5) is 0 Å². The van der Waals surface area contributed by atoms with E-state index in [0.717, 1.165) is 0 Å². The fourth-order valence-corrected chi connectivity index (χ4v) is 8.39. The van der Waals surface area contributed by atoms with Crippen LogP contribution in [0.3, 0.4) is 0 Å². The molecule has 1 fully saturated rings. The van der Waals surface area contributed by atoms with E-state index >= 15 is 0 Å². The Morgan fingerprint density at radius 1 is 1.24 bits per heavy atom. The maximum absolute atomic E-state index is 13.0. The predicted molar refractivity (Wildman–Crippen MR) is 130 cm³/mol. The van der Waals surface area contributed by atoms with Crippen LogP contribution in [0.2, 0.25) is 0 Å². The molecule has 33 heavy (non-hydrogen) atoms. The first-order chi connectivity index (χ1) is 15.5. The lowest BCUT2D eigenvalue weighted by molar-refractivity contribution is -0.132. The van der Waals surface area contributed by atoms with Crippen molar-refractivity contribution in [3.05, 3.63) is 46.0 Å². The quantitative estimate of drug-likeness (QED) is 0.358. The third-order valence-corrected chi connectivity index (χ3v) is 10.8. The van der Waals surface area contributed by atoms with Crippen molar-refractivity contribution >= 4 is 54.8 Å². The molecule has 1 spiro atoms. The monoisotopic (exact) mass is 510 g/mol. The molecule has 3 heterocycles. The van der Waals surface area contributed by atoms with Gasteiger partial charge >= 0.3 is 0 Å². The van der Waals surface area contributed by atoms with E-state index in [1.54, 1.807) is 31.4 Å². The second-order valence-electron chi connectivity index (χ2n) is 8.33. The van der Waals surface area contributed by atoms with Gasteiger partial charge in [0.2, 0.25) is 11.0 Å². The number of aromatic nitrogens is 1. The predicted octanol–water partition coefficient (Wildman–Crippen LogP) is 2.38. The number of hydrogen-bond donors (Lipinski definition) is 3. The first-order valence-electron chi connectivity index (χ1n) is 10.3. The molecular weight excluding hydrogens is 484 g/mol. The normalized spacial score (nSPS) is 34.2.